The van der Waals surface area contributed by atoms with Crippen LogP contribution < -0.4 is 10.1 Å². The molecule has 1 amide bonds. The summed E-state index contributed by atoms with van der Waals surface area (Å²) in [4.78, 5) is 33.8. The molecule has 1 aliphatic rings. The van der Waals surface area contributed by atoms with Crippen LogP contribution in [-0.2, 0) is 18.3 Å². The Morgan fingerprint density at radius 2 is 1.92 bits per heavy atom. The molecule has 2 N–H and O–H groups in total. The quantitative estimate of drug-likeness (QED) is 0.340. The van der Waals surface area contributed by atoms with Crippen LogP contribution in [0.25, 0.3) is 33.6 Å². The van der Waals surface area contributed by atoms with Gasteiger partial charge in [0.1, 0.15) is 22.5 Å². The highest BCUT2D eigenvalue weighted by atomic mass is 16.6. The third-order valence-electron chi connectivity index (χ3n) is 6.71. The zero-order chi connectivity index (χ0) is 27.4. The van der Waals surface area contributed by atoms with Crippen molar-refractivity contribution < 1.29 is 24.2 Å². The van der Waals surface area contributed by atoms with Gasteiger partial charge in [-0.05, 0) is 76.8 Å². The van der Waals surface area contributed by atoms with E-state index >= 15 is 0 Å². The van der Waals surface area contributed by atoms with Crippen LogP contribution in [0.1, 0.15) is 62.6 Å². The number of fused-ring (bicyclic) bond motifs is 2. The highest BCUT2D eigenvalue weighted by Crippen LogP contribution is 2.37. The summed E-state index contributed by atoms with van der Waals surface area (Å²) in [6.45, 7) is 8.15. The van der Waals surface area contributed by atoms with Crippen molar-refractivity contribution in [2.45, 2.75) is 58.7 Å². The summed E-state index contributed by atoms with van der Waals surface area (Å²) >= 11 is 0. The standard InChI is InChI=1S/C28H33N5O5/c1-15(29-27(36)38-28(2,3)4)19-10-9-17-12-21(33(24(17)30-19)14-16-7-8-16)25-31-20-11-18(26(34)35)13-22(37-6)23(20)32(25)5/h9-13,15-16H,7-8,14H2,1-6H3,(H,29,36)(H,34,35)/t15-/m1/s1. The Kier molecular flexibility index (Phi) is 6.28. The van der Waals surface area contributed by atoms with Crippen molar-refractivity contribution in [3.05, 3.63) is 41.6 Å². The van der Waals surface area contributed by atoms with Gasteiger partial charge in [0.25, 0.3) is 0 Å². The van der Waals surface area contributed by atoms with Gasteiger partial charge < -0.3 is 29.0 Å². The maximum atomic E-state index is 12.3. The highest BCUT2D eigenvalue weighted by molar-refractivity contribution is 5.96. The summed E-state index contributed by atoms with van der Waals surface area (Å²) in [5, 5.41) is 13.4. The minimum atomic E-state index is -1.04. The van der Waals surface area contributed by atoms with Crippen molar-refractivity contribution in [3.63, 3.8) is 0 Å². The molecule has 1 fully saturated rings. The van der Waals surface area contributed by atoms with Crippen molar-refractivity contribution in [1.29, 1.82) is 0 Å². The van der Waals surface area contributed by atoms with E-state index in [4.69, 9.17) is 19.4 Å². The lowest BCUT2D eigenvalue weighted by atomic mass is 10.2. The Balaban J connectivity index is 1.59. The average molecular weight is 520 g/mol. The molecule has 4 aromatic rings. The largest absolute Gasteiger partial charge is 0.494 e. The van der Waals surface area contributed by atoms with E-state index in [1.165, 1.54) is 13.2 Å². The van der Waals surface area contributed by atoms with Crippen molar-refractivity contribution >= 4 is 34.1 Å². The number of pyridine rings is 1. The first-order valence-corrected chi connectivity index (χ1v) is 12.7. The molecule has 0 unspecified atom stereocenters. The van der Waals surface area contributed by atoms with Crippen molar-refractivity contribution in [2.75, 3.05) is 7.11 Å². The molecule has 0 saturated heterocycles. The summed E-state index contributed by atoms with van der Waals surface area (Å²) < 4.78 is 15.1. The van der Waals surface area contributed by atoms with Gasteiger partial charge in [0.2, 0.25) is 0 Å². The van der Waals surface area contributed by atoms with Gasteiger partial charge >= 0.3 is 12.1 Å². The van der Waals surface area contributed by atoms with Crippen LogP contribution in [0, 0.1) is 5.92 Å². The molecular formula is C28H33N5O5. The van der Waals surface area contributed by atoms with E-state index in [1.54, 1.807) is 6.07 Å². The van der Waals surface area contributed by atoms with E-state index in [9.17, 15) is 14.7 Å². The van der Waals surface area contributed by atoms with Gasteiger partial charge in [-0.25, -0.2) is 19.6 Å². The number of hydrogen-bond acceptors (Lipinski definition) is 6. The van der Waals surface area contributed by atoms with Crippen molar-refractivity contribution in [1.82, 2.24) is 24.4 Å². The molecule has 1 aliphatic carbocycles. The lowest BCUT2D eigenvalue weighted by molar-refractivity contribution is 0.0506. The van der Waals surface area contributed by atoms with Crippen molar-refractivity contribution in [3.8, 4) is 17.3 Å². The number of methoxy groups -OCH3 is 1. The van der Waals surface area contributed by atoms with Crippen LogP contribution in [0.4, 0.5) is 4.79 Å². The first kappa shape index (κ1) is 25.6. The second-order valence-electron chi connectivity index (χ2n) is 10.9. The number of aromatic carboxylic acids is 1. The van der Waals surface area contributed by atoms with Gasteiger partial charge in [-0.1, -0.05) is 0 Å². The fraction of sp³-hybridized carbons (Fsp3) is 0.429. The third-order valence-corrected chi connectivity index (χ3v) is 6.71. The van der Waals surface area contributed by atoms with Gasteiger partial charge in [0.05, 0.1) is 35.6 Å². The number of imidazole rings is 1. The van der Waals surface area contributed by atoms with Crippen molar-refractivity contribution in [2.24, 2.45) is 13.0 Å². The number of amides is 1. The van der Waals surface area contributed by atoms with Gasteiger partial charge in [0, 0.05) is 19.0 Å². The molecular weight excluding hydrogens is 486 g/mol. The number of carbonyl (C=O) groups excluding carboxylic acids is 1. The number of ether oxygens (including phenoxy) is 2. The van der Waals surface area contributed by atoms with Crippen LogP contribution in [0.15, 0.2) is 30.3 Å². The van der Waals surface area contributed by atoms with E-state index in [0.29, 0.717) is 23.0 Å². The second kappa shape index (κ2) is 9.34. The number of aryl methyl sites for hydroxylation is 1. The number of hydrogen-bond donors (Lipinski definition) is 2. The summed E-state index contributed by atoms with van der Waals surface area (Å²) in [6, 6.07) is 8.71. The molecule has 10 heteroatoms. The number of carbonyl (C=O) groups is 2. The minimum absolute atomic E-state index is 0.121. The van der Waals surface area contributed by atoms with Gasteiger partial charge in [-0.3, -0.25) is 0 Å². The maximum Gasteiger partial charge on any atom is 0.408 e. The molecule has 0 spiro atoms. The van der Waals surface area contributed by atoms with E-state index in [2.05, 4.69) is 16.0 Å². The van der Waals surface area contributed by atoms with Crippen LogP contribution >= 0.6 is 0 Å². The molecule has 1 saturated carbocycles. The Hall–Kier alpha value is -4.08. The molecule has 1 aromatic carbocycles. The number of carboxylic acid groups (broad SMARTS) is 1. The van der Waals surface area contributed by atoms with Crippen LogP contribution in [0.3, 0.4) is 0 Å². The fourth-order valence-electron chi connectivity index (χ4n) is 4.69. The molecule has 3 aromatic heterocycles. The zero-order valence-corrected chi connectivity index (χ0v) is 22.5. The monoisotopic (exact) mass is 519 g/mol. The first-order valence-electron chi connectivity index (χ1n) is 12.7. The lowest BCUT2D eigenvalue weighted by Gasteiger charge is -2.22. The van der Waals surface area contributed by atoms with E-state index < -0.39 is 17.7 Å². The number of nitrogens with one attached hydrogen (secondary N) is 1. The van der Waals surface area contributed by atoms with Crippen LogP contribution in [0.5, 0.6) is 5.75 Å². The second-order valence-corrected chi connectivity index (χ2v) is 10.9. The molecule has 0 radical (unpaired) electrons. The zero-order valence-electron chi connectivity index (χ0n) is 22.5. The van der Waals surface area contributed by atoms with Gasteiger partial charge in [0.15, 0.2) is 5.82 Å². The number of aromatic nitrogens is 4. The summed E-state index contributed by atoms with van der Waals surface area (Å²) in [6.07, 6.45) is 1.83. The Morgan fingerprint density at radius 1 is 1.18 bits per heavy atom. The highest BCUT2D eigenvalue weighted by Gasteiger charge is 2.27. The topological polar surface area (TPSA) is 121 Å². The lowest BCUT2D eigenvalue weighted by Crippen LogP contribution is -2.34. The molecule has 38 heavy (non-hydrogen) atoms. The molecule has 3 heterocycles. The van der Waals surface area contributed by atoms with Crippen LogP contribution in [-0.4, -0.2) is 49.0 Å². The number of alkyl carbamates (subject to hydrolysis) is 1. The molecule has 1 atom stereocenters. The molecule has 5 rings (SSSR count). The van der Waals surface area contributed by atoms with E-state index in [0.717, 1.165) is 47.3 Å². The number of rotatable bonds is 7. The maximum absolute atomic E-state index is 12.3. The average Bonchev–Trinajstić information content (AvgIpc) is 3.51. The van der Waals surface area contributed by atoms with Gasteiger partial charge in [-0.2, -0.15) is 0 Å². The predicted molar refractivity (Wildman–Crippen MR) is 143 cm³/mol. The third kappa shape index (κ3) is 4.90. The molecule has 10 nitrogen and oxygen atoms in total. The van der Waals surface area contributed by atoms with E-state index in [1.807, 2.05) is 51.4 Å². The normalized spacial score (nSPS) is 14.6. The Labute approximate surface area is 220 Å². The van der Waals surface area contributed by atoms with E-state index in [-0.39, 0.29) is 11.6 Å². The molecule has 0 bridgehead atoms. The molecule has 0 aliphatic heterocycles. The minimum Gasteiger partial charge on any atom is -0.494 e. The van der Waals surface area contributed by atoms with Gasteiger partial charge in [-0.15, -0.1) is 0 Å². The summed E-state index contributed by atoms with van der Waals surface area (Å²) in [5.74, 6) is 0.676. The number of nitrogens with zero attached hydrogens (tertiary/aromatic N) is 4. The smallest absolute Gasteiger partial charge is 0.408 e. The number of carboxylic acids is 1. The SMILES string of the molecule is COc1cc(C(=O)O)cc2nc(-c3cc4ccc([C@@H](C)NC(=O)OC(C)(C)C)nc4n3CC3CC3)n(C)c12. The summed E-state index contributed by atoms with van der Waals surface area (Å²) in [5.41, 5.74) is 3.23. The Bertz CT molecular complexity index is 1560. The number of benzene rings is 1. The van der Waals surface area contributed by atoms with Crippen LogP contribution in [0.2, 0.25) is 0 Å². The fourth-order valence-corrected chi connectivity index (χ4v) is 4.69. The molecule has 200 valence electrons. The first-order chi connectivity index (χ1) is 17.9. The summed E-state index contributed by atoms with van der Waals surface area (Å²) in [7, 11) is 3.42. The predicted octanol–water partition coefficient (Wildman–Crippen LogP) is 5.29. The Morgan fingerprint density at radius 3 is 2.55 bits per heavy atom.